The number of amides is 1. The summed E-state index contributed by atoms with van der Waals surface area (Å²) in [5.74, 6) is -0.362. The van der Waals surface area contributed by atoms with Gasteiger partial charge in [0, 0.05) is 11.6 Å². The first-order valence-electron chi connectivity index (χ1n) is 4.70. The van der Waals surface area contributed by atoms with Gasteiger partial charge in [-0.1, -0.05) is 7.43 Å². The molecule has 1 aromatic rings. The lowest BCUT2D eigenvalue weighted by Crippen LogP contribution is -2.42. The number of ether oxygens (including phenoxy) is 1. The van der Waals surface area contributed by atoms with E-state index in [1.807, 2.05) is 5.10 Å². The lowest BCUT2D eigenvalue weighted by molar-refractivity contribution is -0.141. The zero-order valence-corrected chi connectivity index (χ0v) is 9.47. The first-order valence-corrected chi connectivity index (χ1v) is 4.70. The third-order valence-corrected chi connectivity index (χ3v) is 1.52. The highest BCUT2D eigenvalue weighted by atomic mass is 19.4. The van der Waals surface area contributed by atoms with Crippen LogP contribution in [0.4, 0.5) is 18.0 Å². The molecule has 8 heteroatoms. The van der Waals surface area contributed by atoms with Crippen molar-refractivity contribution in [3.63, 3.8) is 0 Å². The summed E-state index contributed by atoms with van der Waals surface area (Å²) in [5, 5.41) is 7.38. The number of rotatable bonds is 1. The Morgan fingerprint density at radius 1 is 1.39 bits per heavy atom. The first-order chi connectivity index (χ1) is 7.58. The summed E-state index contributed by atoms with van der Waals surface area (Å²) in [4.78, 5) is 11.2. The highest BCUT2D eigenvalue weighted by molar-refractivity contribution is 5.70. The van der Waals surface area contributed by atoms with Gasteiger partial charge in [0.25, 0.3) is 0 Å². The van der Waals surface area contributed by atoms with Gasteiger partial charge < -0.3 is 10.1 Å². The quantitative estimate of drug-likeness (QED) is 0.822. The summed E-state index contributed by atoms with van der Waals surface area (Å²) in [5.41, 5.74) is -1.68. The van der Waals surface area contributed by atoms with Gasteiger partial charge in [-0.05, 0) is 20.8 Å². The standard InChI is InChI=1S/C9H12F3N3O2.CH4/c1-8(2,3)13-7(16)17-6-4-5(14-15-6)9(10,11)12;/h4H,1-3H3,(H,13,16)(H,14,15);1H4. The van der Waals surface area contributed by atoms with Crippen molar-refractivity contribution in [2.45, 2.75) is 39.9 Å². The van der Waals surface area contributed by atoms with Gasteiger partial charge in [0.2, 0.25) is 5.88 Å². The largest absolute Gasteiger partial charge is 0.435 e. The average molecular weight is 267 g/mol. The fourth-order valence-electron chi connectivity index (χ4n) is 0.933. The van der Waals surface area contributed by atoms with Crippen LogP contribution >= 0.6 is 0 Å². The summed E-state index contributed by atoms with van der Waals surface area (Å²) in [6.45, 7) is 5.13. The number of carbonyl (C=O) groups is 1. The van der Waals surface area contributed by atoms with E-state index >= 15 is 0 Å². The van der Waals surface area contributed by atoms with Crippen LogP contribution < -0.4 is 10.1 Å². The van der Waals surface area contributed by atoms with E-state index in [1.165, 1.54) is 0 Å². The monoisotopic (exact) mass is 267 g/mol. The van der Waals surface area contributed by atoms with Crippen molar-refractivity contribution in [1.29, 1.82) is 0 Å². The number of alkyl halides is 3. The molecule has 0 radical (unpaired) electrons. The Labute approximate surface area is 103 Å². The third kappa shape index (κ3) is 5.07. The number of carbonyl (C=O) groups excluding carboxylic acids is 1. The molecule has 0 saturated carbocycles. The van der Waals surface area contributed by atoms with Crippen LogP contribution in [0.5, 0.6) is 5.88 Å². The molecule has 2 N–H and O–H groups in total. The van der Waals surface area contributed by atoms with Crippen molar-refractivity contribution in [2.75, 3.05) is 0 Å². The van der Waals surface area contributed by atoms with Crippen LogP contribution in [0.25, 0.3) is 0 Å². The lowest BCUT2D eigenvalue weighted by Gasteiger charge is -2.19. The molecule has 0 aliphatic carbocycles. The third-order valence-electron chi connectivity index (χ3n) is 1.52. The van der Waals surface area contributed by atoms with Crippen molar-refractivity contribution in [1.82, 2.24) is 15.5 Å². The number of hydrogen-bond donors (Lipinski definition) is 2. The molecule has 0 atom stereocenters. The van der Waals surface area contributed by atoms with Gasteiger partial charge in [-0.3, -0.25) is 0 Å². The molecule has 0 fully saturated rings. The van der Waals surface area contributed by atoms with Crippen molar-refractivity contribution in [3.8, 4) is 5.88 Å². The maximum Gasteiger partial charge on any atom is 0.435 e. The maximum absolute atomic E-state index is 12.2. The summed E-state index contributed by atoms with van der Waals surface area (Å²) in [6.07, 6.45) is -5.42. The Morgan fingerprint density at radius 3 is 2.33 bits per heavy atom. The van der Waals surface area contributed by atoms with Crippen molar-refractivity contribution in [2.24, 2.45) is 0 Å². The fourth-order valence-corrected chi connectivity index (χ4v) is 0.933. The second-order valence-electron chi connectivity index (χ2n) is 4.38. The predicted octanol–water partition coefficient (Wildman–Crippen LogP) is 2.95. The summed E-state index contributed by atoms with van der Waals surface area (Å²) in [7, 11) is 0. The molecule has 1 aromatic heterocycles. The molecule has 0 aliphatic heterocycles. The zero-order valence-electron chi connectivity index (χ0n) is 9.47. The molecule has 1 heterocycles. The first kappa shape index (κ1) is 16.3. The van der Waals surface area contributed by atoms with Crippen molar-refractivity contribution >= 4 is 6.09 Å². The fraction of sp³-hybridized carbons (Fsp3) is 0.600. The molecule has 1 amide bonds. The van der Waals surface area contributed by atoms with Crippen LogP contribution in [0.2, 0.25) is 0 Å². The molecular formula is C10H16F3N3O2. The SMILES string of the molecule is C.CC(C)(C)NC(=O)Oc1cc(C(F)(F)F)n[nH]1. The number of aromatic nitrogens is 2. The Kier molecular flexibility index (Phi) is 4.77. The Morgan fingerprint density at radius 2 is 1.94 bits per heavy atom. The molecule has 5 nitrogen and oxygen atoms in total. The Balaban J connectivity index is 0.00000289. The minimum atomic E-state index is -4.57. The molecule has 104 valence electrons. The van der Waals surface area contributed by atoms with E-state index in [1.54, 1.807) is 20.8 Å². The van der Waals surface area contributed by atoms with Gasteiger partial charge in [0.15, 0.2) is 5.69 Å². The van der Waals surface area contributed by atoms with Gasteiger partial charge in [-0.25, -0.2) is 9.89 Å². The second kappa shape index (κ2) is 5.28. The Bertz CT molecular complexity index is 407. The van der Waals surface area contributed by atoms with Crippen LogP contribution in [0.3, 0.4) is 0 Å². The van der Waals surface area contributed by atoms with E-state index in [0.29, 0.717) is 6.07 Å². The van der Waals surface area contributed by atoms with Gasteiger partial charge in [0.05, 0.1) is 0 Å². The molecule has 0 aromatic carbocycles. The van der Waals surface area contributed by atoms with Crippen molar-refractivity contribution in [3.05, 3.63) is 11.8 Å². The van der Waals surface area contributed by atoms with E-state index in [4.69, 9.17) is 0 Å². The molecule has 0 aliphatic rings. The van der Waals surface area contributed by atoms with Gasteiger partial charge >= 0.3 is 12.3 Å². The van der Waals surface area contributed by atoms with Crippen LogP contribution in [0.15, 0.2) is 6.07 Å². The summed E-state index contributed by atoms with van der Waals surface area (Å²) < 4.78 is 41.1. The number of halogens is 3. The van der Waals surface area contributed by atoms with Crippen LogP contribution in [-0.4, -0.2) is 21.8 Å². The van der Waals surface area contributed by atoms with E-state index in [9.17, 15) is 18.0 Å². The number of H-pyrrole nitrogens is 1. The maximum atomic E-state index is 12.2. The topological polar surface area (TPSA) is 67.0 Å². The van der Waals surface area contributed by atoms with Gasteiger partial charge in [0.1, 0.15) is 0 Å². The predicted molar refractivity (Wildman–Crippen MR) is 59.2 cm³/mol. The second-order valence-corrected chi connectivity index (χ2v) is 4.38. The normalized spacial score (nSPS) is 11.7. The van der Waals surface area contributed by atoms with E-state index in [0.717, 1.165) is 0 Å². The Hall–Kier alpha value is -1.73. The number of aromatic amines is 1. The van der Waals surface area contributed by atoms with Gasteiger partial charge in [-0.15, -0.1) is 0 Å². The van der Waals surface area contributed by atoms with Crippen LogP contribution in [0.1, 0.15) is 33.9 Å². The van der Waals surface area contributed by atoms with Crippen molar-refractivity contribution < 1.29 is 22.7 Å². The highest BCUT2D eigenvalue weighted by Crippen LogP contribution is 2.29. The molecule has 1 rings (SSSR count). The molecule has 0 bridgehead atoms. The van der Waals surface area contributed by atoms with E-state index in [2.05, 4.69) is 15.2 Å². The minimum absolute atomic E-state index is 0. The van der Waals surface area contributed by atoms with Crippen LogP contribution in [-0.2, 0) is 6.18 Å². The summed E-state index contributed by atoms with van der Waals surface area (Å²) in [6, 6.07) is 0.613. The molecule has 0 unspecified atom stereocenters. The van der Waals surface area contributed by atoms with E-state index < -0.39 is 23.5 Å². The minimum Gasteiger partial charge on any atom is -0.392 e. The van der Waals surface area contributed by atoms with Crippen LogP contribution in [0, 0.1) is 0 Å². The molecule has 0 spiro atoms. The molecule has 0 saturated heterocycles. The molecular weight excluding hydrogens is 251 g/mol. The number of nitrogens with zero attached hydrogens (tertiary/aromatic N) is 1. The van der Waals surface area contributed by atoms with E-state index in [-0.39, 0.29) is 13.3 Å². The lowest BCUT2D eigenvalue weighted by atomic mass is 10.1. The number of nitrogens with one attached hydrogen (secondary N) is 2. The highest BCUT2D eigenvalue weighted by Gasteiger charge is 2.34. The van der Waals surface area contributed by atoms with Gasteiger partial charge in [-0.2, -0.15) is 18.3 Å². The molecule has 18 heavy (non-hydrogen) atoms. The zero-order chi connectivity index (χ0) is 13.3. The smallest absolute Gasteiger partial charge is 0.392 e. The summed E-state index contributed by atoms with van der Waals surface area (Å²) >= 11 is 0. The average Bonchev–Trinajstić information content (AvgIpc) is 2.47. The number of hydrogen-bond acceptors (Lipinski definition) is 3.